The number of esters is 1. The number of hydrogen-bond donors (Lipinski definition) is 1. The Morgan fingerprint density at radius 3 is 2.00 bits per heavy atom. The van der Waals surface area contributed by atoms with Crippen molar-refractivity contribution in [1.82, 2.24) is 5.32 Å². The maximum Gasteiger partial charge on any atom is 0.339 e. The Kier molecular flexibility index (Phi) is 7.89. The predicted octanol–water partition coefficient (Wildman–Crippen LogP) is 4.50. The second-order valence-electron chi connectivity index (χ2n) is 8.65. The van der Waals surface area contributed by atoms with Crippen LogP contribution < -0.4 is 9.50 Å². The van der Waals surface area contributed by atoms with Gasteiger partial charge in [-0.25, -0.2) is 0 Å². The second kappa shape index (κ2) is 10.6. The van der Waals surface area contributed by atoms with Gasteiger partial charge in [-0.3, -0.25) is 4.79 Å². The molecule has 0 aliphatic carbocycles. The van der Waals surface area contributed by atoms with Crippen LogP contribution in [0.1, 0.15) is 31.9 Å². The van der Waals surface area contributed by atoms with Crippen LogP contribution in [0.25, 0.3) is 0 Å². The average molecular weight is 468 g/mol. The molecule has 1 atom stereocenters. The highest BCUT2D eigenvalue weighted by atomic mass is 32.2. The number of rotatable bonds is 9. The summed E-state index contributed by atoms with van der Waals surface area (Å²) in [6.45, 7) is 6.01. The molecule has 174 valence electrons. The van der Waals surface area contributed by atoms with Crippen LogP contribution in [0.15, 0.2) is 89.8 Å². The molecule has 6 nitrogen and oxygen atoms in total. The largest absolute Gasteiger partial charge is 0.459 e. The van der Waals surface area contributed by atoms with Gasteiger partial charge in [0, 0.05) is 6.54 Å². The molecule has 33 heavy (non-hydrogen) atoms. The molecule has 0 saturated heterocycles. The van der Waals surface area contributed by atoms with Crippen LogP contribution in [-0.4, -0.2) is 26.0 Å². The van der Waals surface area contributed by atoms with Gasteiger partial charge >= 0.3 is 16.1 Å². The summed E-state index contributed by atoms with van der Waals surface area (Å²) < 4.78 is 35.7. The molecule has 0 aliphatic heterocycles. The highest BCUT2D eigenvalue weighted by Gasteiger charge is 2.25. The molecule has 7 heteroatoms. The van der Waals surface area contributed by atoms with Crippen molar-refractivity contribution in [2.45, 2.75) is 50.3 Å². The number of carbonyl (C=O) groups excluding carboxylic acids is 1. The minimum absolute atomic E-state index is 0.0872. The molecule has 0 heterocycles. The lowest BCUT2D eigenvalue weighted by Crippen LogP contribution is -2.42. The summed E-state index contributed by atoms with van der Waals surface area (Å²) >= 11 is 0. The van der Waals surface area contributed by atoms with E-state index in [0.29, 0.717) is 13.0 Å². The van der Waals surface area contributed by atoms with E-state index in [1.165, 1.54) is 12.1 Å². The normalized spacial score (nSPS) is 12.7. The summed E-state index contributed by atoms with van der Waals surface area (Å²) in [5, 5.41) is 3.28. The van der Waals surface area contributed by atoms with Crippen LogP contribution in [0.4, 0.5) is 0 Å². The minimum atomic E-state index is -3.91. The molecular weight excluding hydrogens is 438 g/mol. The van der Waals surface area contributed by atoms with Crippen LogP contribution in [0.3, 0.4) is 0 Å². The number of hydrogen-bond acceptors (Lipinski definition) is 6. The Morgan fingerprint density at radius 2 is 1.42 bits per heavy atom. The minimum Gasteiger partial charge on any atom is -0.459 e. The van der Waals surface area contributed by atoms with Crippen molar-refractivity contribution < 1.29 is 22.1 Å². The summed E-state index contributed by atoms with van der Waals surface area (Å²) in [6, 6.07) is 23.9. The van der Waals surface area contributed by atoms with Crippen molar-refractivity contribution in [2.75, 3.05) is 0 Å². The van der Waals surface area contributed by atoms with Gasteiger partial charge in [0.25, 0.3) is 0 Å². The van der Waals surface area contributed by atoms with E-state index < -0.39 is 21.8 Å². The summed E-state index contributed by atoms with van der Waals surface area (Å²) in [7, 11) is -3.91. The molecule has 0 fully saturated rings. The van der Waals surface area contributed by atoms with Gasteiger partial charge in [0.2, 0.25) is 0 Å². The van der Waals surface area contributed by atoms with Gasteiger partial charge in [0.15, 0.2) is 0 Å². The quantitative estimate of drug-likeness (QED) is 0.369. The zero-order valence-electron chi connectivity index (χ0n) is 19.0. The second-order valence-corrected chi connectivity index (χ2v) is 10.2. The molecule has 0 amide bonds. The molecule has 0 aromatic heterocycles. The van der Waals surface area contributed by atoms with Crippen molar-refractivity contribution in [3.8, 4) is 5.75 Å². The van der Waals surface area contributed by atoms with Crippen molar-refractivity contribution >= 4 is 16.1 Å². The fourth-order valence-electron chi connectivity index (χ4n) is 3.13. The lowest BCUT2D eigenvalue weighted by atomic mass is 10.0. The van der Waals surface area contributed by atoms with Crippen LogP contribution in [0.5, 0.6) is 5.75 Å². The maximum atomic E-state index is 12.8. The van der Waals surface area contributed by atoms with Gasteiger partial charge in [-0.15, -0.1) is 0 Å². The van der Waals surface area contributed by atoms with Crippen LogP contribution in [0.2, 0.25) is 0 Å². The molecule has 3 aromatic rings. The van der Waals surface area contributed by atoms with Gasteiger partial charge in [0.05, 0.1) is 0 Å². The van der Waals surface area contributed by atoms with Gasteiger partial charge < -0.3 is 14.2 Å². The zero-order chi connectivity index (χ0) is 23.9. The maximum absolute atomic E-state index is 12.8. The lowest BCUT2D eigenvalue weighted by molar-refractivity contribution is -0.157. The van der Waals surface area contributed by atoms with E-state index in [1.54, 1.807) is 42.5 Å². The van der Waals surface area contributed by atoms with Crippen molar-refractivity contribution in [3.63, 3.8) is 0 Å². The van der Waals surface area contributed by atoms with Crippen molar-refractivity contribution in [3.05, 3.63) is 96.1 Å². The Hall–Kier alpha value is -3.16. The molecular formula is C26H29NO5S. The smallest absolute Gasteiger partial charge is 0.339 e. The Morgan fingerprint density at radius 1 is 0.848 bits per heavy atom. The third kappa shape index (κ3) is 7.73. The molecule has 0 saturated carbocycles. The van der Waals surface area contributed by atoms with E-state index in [1.807, 2.05) is 51.1 Å². The van der Waals surface area contributed by atoms with Crippen molar-refractivity contribution in [1.29, 1.82) is 0 Å². The van der Waals surface area contributed by atoms with E-state index >= 15 is 0 Å². The van der Waals surface area contributed by atoms with E-state index in [0.717, 1.165) is 11.1 Å². The fourth-order valence-corrected chi connectivity index (χ4v) is 4.08. The molecule has 0 radical (unpaired) electrons. The van der Waals surface area contributed by atoms with E-state index in [9.17, 15) is 13.2 Å². The van der Waals surface area contributed by atoms with Gasteiger partial charge in [-0.2, -0.15) is 8.42 Å². The summed E-state index contributed by atoms with van der Waals surface area (Å²) in [4.78, 5) is 12.9. The third-order valence-corrected chi connectivity index (χ3v) is 5.95. The standard InChI is InChI=1S/C26H29NO5S/c1-26(2,3)31-25(28)24(27-19-21-10-6-4-7-11-21)18-20-14-16-22(17-15-20)32-33(29,30)23-12-8-5-9-13-23/h4-17,24,27H,18-19H2,1-3H3/t24-/m0/s1. The fraction of sp³-hybridized carbons (Fsp3) is 0.269. The first kappa shape index (κ1) is 24.5. The molecule has 3 rings (SSSR count). The Balaban J connectivity index is 1.70. The predicted molar refractivity (Wildman–Crippen MR) is 127 cm³/mol. The monoisotopic (exact) mass is 467 g/mol. The SMILES string of the molecule is CC(C)(C)OC(=O)[C@H](Cc1ccc(OS(=O)(=O)c2ccccc2)cc1)NCc1ccccc1. The number of ether oxygens (including phenoxy) is 1. The van der Waals surface area contributed by atoms with Crippen LogP contribution >= 0.6 is 0 Å². The van der Waals surface area contributed by atoms with Crippen LogP contribution in [-0.2, 0) is 32.6 Å². The Labute approximate surface area is 195 Å². The number of benzene rings is 3. The summed E-state index contributed by atoms with van der Waals surface area (Å²) in [5.41, 5.74) is 1.30. The first-order valence-corrected chi connectivity index (χ1v) is 12.1. The highest BCUT2D eigenvalue weighted by molar-refractivity contribution is 7.87. The van der Waals surface area contributed by atoms with Crippen LogP contribution in [0, 0.1) is 0 Å². The molecule has 0 spiro atoms. The molecule has 3 aromatic carbocycles. The van der Waals surface area contributed by atoms with E-state index in [2.05, 4.69) is 5.32 Å². The van der Waals surface area contributed by atoms with Crippen molar-refractivity contribution in [2.24, 2.45) is 0 Å². The topological polar surface area (TPSA) is 81.7 Å². The highest BCUT2D eigenvalue weighted by Crippen LogP contribution is 2.20. The van der Waals surface area contributed by atoms with Gasteiger partial charge in [-0.1, -0.05) is 60.7 Å². The first-order chi connectivity index (χ1) is 15.6. The number of nitrogens with one attached hydrogen (secondary N) is 1. The third-order valence-electron chi connectivity index (χ3n) is 4.69. The molecule has 0 bridgehead atoms. The van der Waals surface area contributed by atoms with E-state index in [4.69, 9.17) is 8.92 Å². The average Bonchev–Trinajstić information content (AvgIpc) is 2.77. The van der Waals surface area contributed by atoms with Gasteiger partial charge in [-0.05, 0) is 62.6 Å². The number of carbonyl (C=O) groups is 1. The lowest BCUT2D eigenvalue weighted by Gasteiger charge is -2.25. The summed E-state index contributed by atoms with van der Waals surface area (Å²) in [6.07, 6.45) is 0.382. The summed E-state index contributed by atoms with van der Waals surface area (Å²) in [5.74, 6) is -0.140. The Bertz CT molecular complexity index is 1140. The molecule has 0 unspecified atom stereocenters. The molecule has 1 N–H and O–H groups in total. The molecule has 0 aliphatic rings. The van der Waals surface area contributed by atoms with Gasteiger partial charge in [0.1, 0.15) is 22.3 Å². The van der Waals surface area contributed by atoms with E-state index in [-0.39, 0.29) is 16.6 Å². The first-order valence-electron chi connectivity index (χ1n) is 10.7. The zero-order valence-corrected chi connectivity index (χ0v) is 19.8.